The fraction of sp³-hybridized carbons (Fsp3) is 0.889. The first-order valence-corrected chi connectivity index (χ1v) is 26.7. The third-order valence-electron chi connectivity index (χ3n) is 10.7. The molecule has 0 rings (SSSR count). The molecule has 1 amide bonds. The van der Waals surface area contributed by atoms with Crippen molar-refractivity contribution in [3.05, 3.63) is 24.3 Å². The van der Waals surface area contributed by atoms with Gasteiger partial charge in [-0.15, -0.1) is 0 Å². The summed E-state index contributed by atoms with van der Waals surface area (Å²) in [7, 11) is 1.65. The van der Waals surface area contributed by atoms with Gasteiger partial charge in [0.25, 0.3) is 0 Å². The van der Waals surface area contributed by atoms with Crippen LogP contribution in [0, 0.1) is 0 Å². The fourth-order valence-electron chi connectivity index (χ4n) is 6.48. The highest BCUT2D eigenvalue weighted by molar-refractivity contribution is 5.94. The molecule has 14 nitrogen and oxygen atoms in total. The van der Waals surface area contributed by atoms with E-state index in [1.807, 2.05) is 0 Å². The molecule has 0 radical (unpaired) electrons. The number of carbonyl (C=O) groups is 2. The first-order valence-electron chi connectivity index (χ1n) is 26.7. The number of rotatable bonds is 57. The van der Waals surface area contributed by atoms with Gasteiger partial charge < -0.3 is 57.4 Å². The van der Waals surface area contributed by atoms with Crippen molar-refractivity contribution in [2.75, 3.05) is 152 Å². The van der Waals surface area contributed by atoms with Gasteiger partial charge >= 0.3 is 0 Å². The van der Waals surface area contributed by atoms with E-state index in [0.29, 0.717) is 150 Å². The van der Waals surface area contributed by atoms with Crippen LogP contribution < -0.4 is 5.32 Å². The average molecular weight is 976 g/mol. The van der Waals surface area contributed by atoms with Crippen molar-refractivity contribution in [1.29, 1.82) is 0 Å². The van der Waals surface area contributed by atoms with E-state index in [9.17, 15) is 9.59 Å². The molecule has 68 heavy (non-hydrogen) atoms. The van der Waals surface area contributed by atoms with Crippen molar-refractivity contribution < 1.29 is 61.7 Å². The van der Waals surface area contributed by atoms with Gasteiger partial charge in [-0.05, 0) is 38.7 Å². The van der Waals surface area contributed by atoms with Gasteiger partial charge in [-0.1, -0.05) is 136 Å². The molecular formula is C54H105NO13. The van der Waals surface area contributed by atoms with Gasteiger partial charge in [-0.25, -0.2) is 0 Å². The highest BCUT2D eigenvalue weighted by Gasteiger charge is 2.03. The lowest BCUT2D eigenvalue weighted by Gasteiger charge is -2.09. The van der Waals surface area contributed by atoms with Crippen LogP contribution in [0.1, 0.15) is 162 Å². The molecule has 0 aliphatic rings. The summed E-state index contributed by atoms with van der Waals surface area (Å²) in [6.07, 6.45) is 27.6. The van der Waals surface area contributed by atoms with Gasteiger partial charge in [0.15, 0.2) is 5.78 Å². The number of hydrogen-bond donors (Lipinski definition) is 1. The molecule has 0 aromatic heterocycles. The summed E-state index contributed by atoms with van der Waals surface area (Å²) in [5.74, 6) is 0.206. The summed E-state index contributed by atoms with van der Waals surface area (Å²) in [6, 6.07) is 0. The van der Waals surface area contributed by atoms with E-state index in [1.165, 1.54) is 109 Å². The Balaban J connectivity index is 0. The normalized spacial score (nSPS) is 11.2. The average Bonchev–Trinajstić information content (AvgIpc) is 3.33. The maximum atomic E-state index is 11.5. The quantitative estimate of drug-likeness (QED) is 0.0456. The van der Waals surface area contributed by atoms with E-state index < -0.39 is 0 Å². The minimum atomic E-state index is -0.00733. The molecule has 1 N–H and O–H groups in total. The SMILES string of the molecule is C=C(C)C(=O)CCCCCCCCCCCCOCCOCCOCCOCCOCCOCCOCCOCCOCCOCCOC.C=C(C)C(=O)NCCCCCCCCCCCCC. The van der Waals surface area contributed by atoms with E-state index in [4.69, 9.17) is 52.1 Å². The molecule has 0 unspecified atom stereocenters. The lowest BCUT2D eigenvalue weighted by Crippen LogP contribution is -2.24. The first kappa shape index (κ1) is 68.3. The highest BCUT2D eigenvalue weighted by Crippen LogP contribution is 2.13. The highest BCUT2D eigenvalue weighted by atomic mass is 16.6. The van der Waals surface area contributed by atoms with Crippen molar-refractivity contribution in [2.24, 2.45) is 0 Å². The smallest absolute Gasteiger partial charge is 0.246 e. The largest absolute Gasteiger partial charge is 0.382 e. The molecule has 0 bridgehead atoms. The van der Waals surface area contributed by atoms with Crippen LogP contribution in [0.4, 0.5) is 0 Å². The minimum absolute atomic E-state index is 0.00733. The third-order valence-corrected chi connectivity index (χ3v) is 10.7. The molecular weight excluding hydrogens is 871 g/mol. The Morgan fingerprint density at radius 2 is 0.603 bits per heavy atom. The molecule has 0 aliphatic carbocycles. The second-order valence-corrected chi connectivity index (χ2v) is 17.2. The van der Waals surface area contributed by atoms with Crippen molar-refractivity contribution >= 4 is 11.7 Å². The summed E-state index contributed by atoms with van der Waals surface area (Å²) >= 11 is 0. The number of methoxy groups -OCH3 is 1. The Labute approximate surface area is 416 Å². The summed E-state index contributed by atoms with van der Waals surface area (Å²) in [5, 5.41) is 2.87. The maximum Gasteiger partial charge on any atom is 0.246 e. The molecule has 14 heteroatoms. The first-order chi connectivity index (χ1) is 33.4. The van der Waals surface area contributed by atoms with Crippen LogP contribution in [0.5, 0.6) is 0 Å². The molecule has 0 saturated carbocycles. The third kappa shape index (κ3) is 62.2. The standard InChI is InChI=1S/C37H72O12.C17H33NO/c1-36(2)37(38)14-12-10-8-6-4-5-7-9-11-13-15-40-18-19-42-22-23-44-26-27-46-30-31-48-34-35-49-33-32-47-29-28-45-25-24-43-21-20-41-17-16-39-3;1-4-5-6-7-8-9-10-11-12-13-14-15-18-17(19)16(2)3/h1,4-35H2,2-3H3;2,4-15H2,1,3H3,(H,18,19). The number of ether oxygens (including phenoxy) is 11. The van der Waals surface area contributed by atoms with E-state index in [1.54, 1.807) is 21.0 Å². The monoisotopic (exact) mass is 976 g/mol. The Morgan fingerprint density at radius 3 is 0.897 bits per heavy atom. The Morgan fingerprint density at radius 1 is 0.338 bits per heavy atom. The summed E-state index contributed by atoms with van der Waals surface area (Å²) < 4.78 is 59.7. The molecule has 0 spiro atoms. The molecule has 0 fully saturated rings. The van der Waals surface area contributed by atoms with Crippen molar-refractivity contribution in [3.63, 3.8) is 0 Å². The second kappa shape index (κ2) is 61.3. The number of unbranched alkanes of at least 4 members (excludes halogenated alkanes) is 19. The Bertz CT molecular complexity index is 1050. The fourth-order valence-corrected chi connectivity index (χ4v) is 6.48. The zero-order chi connectivity index (χ0) is 49.9. The van der Waals surface area contributed by atoms with Gasteiger partial charge in [0, 0.05) is 32.3 Å². The van der Waals surface area contributed by atoms with Crippen LogP contribution in [0.2, 0.25) is 0 Å². The van der Waals surface area contributed by atoms with Crippen molar-refractivity contribution in [2.45, 2.75) is 162 Å². The van der Waals surface area contributed by atoms with Crippen LogP contribution in [-0.2, 0) is 61.7 Å². The molecule has 0 saturated heterocycles. The van der Waals surface area contributed by atoms with E-state index in [0.717, 1.165) is 38.8 Å². The Hall–Kier alpha value is -1.82. The summed E-state index contributed by atoms with van der Waals surface area (Å²) in [4.78, 5) is 22.7. The number of hydrogen-bond acceptors (Lipinski definition) is 13. The predicted octanol–water partition coefficient (Wildman–Crippen LogP) is 10.2. The van der Waals surface area contributed by atoms with E-state index in [2.05, 4.69) is 25.4 Å². The summed E-state index contributed by atoms with van der Waals surface area (Å²) in [6.45, 7) is 25.6. The van der Waals surface area contributed by atoms with Crippen LogP contribution in [0.15, 0.2) is 24.3 Å². The van der Waals surface area contributed by atoms with Gasteiger partial charge in [-0.3, -0.25) is 9.59 Å². The molecule has 0 aromatic rings. The van der Waals surface area contributed by atoms with Gasteiger partial charge in [0.1, 0.15) is 0 Å². The lowest BCUT2D eigenvalue weighted by molar-refractivity contribution is -0.117. The van der Waals surface area contributed by atoms with Crippen molar-refractivity contribution in [1.82, 2.24) is 5.32 Å². The number of Topliss-reactive ketones (excluding diaryl/α,β-unsaturated/α-hetero) is 1. The number of carbonyl (C=O) groups excluding carboxylic acids is 2. The van der Waals surface area contributed by atoms with Gasteiger partial charge in [-0.2, -0.15) is 0 Å². The second-order valence-electron chi connectivity index (χ2n) is 17.2. The van der Waals surface area contributed by atoms with Gasteiger partial charge in [0.05, 0.1) is 132 Å². The lowest BCUT2D eigenvalue weighted by atomic mass is 10.0. The number of nitrogens with one attached hydrogen (secondary N) is 1. The topological polar surface area (TPSA) is 148 Å². The van der Waals surface area contributed by atoms with Gasteiger partial charge in [0.2, 0.25) is 5.91 Å². The van der Waals surface area contributed by atoms with Crippen molar-refractivity contribution in [3.8, 4) is 0 Å². The van der Waals surface area contributed by atoms with Crippen LogP contribution in [-0.4, -0.2) is 164 Å². The predicted molar refractivity (Wildman–Crippen MR) is 275 cm³/mol. The zero-order valence-electron chi connectivity index (χ0n) is 44.3. The molecule has 0 aliphatic heterocycles. The Kier molecular flexibility index (Phi) is 61.5. The number of allylic oxidation sites excluding steroid dienone is 1. The maximum absolute atomic E-state index is 11.5. The molecule has 0 heterocycles. The van der Waals surface area contributed by atoms with Crippen LogP contribution in [0.25, 0.3) is 0 Å². The molecule has 404 valence electrons. The number of amides is 1. The number of ketones is 1. The molecule has 0 aromatic carbocycles. The van der Waals surface area contributed by atoms with Crippen LogP contribution >= 0.6 is 0 Å². The zero-order valence-corrected chi connectivity index (χ0v) is 44.3. The molecule has 0 atom stereocenters. The summed E-state index contributed by atoms with van der Waals surface area (Å²) in [5.41, 5.74) is 1.28. The van der Waals surface area contributed by atoms with E-state index in [-0.39, 0.29) is 11.7 Å². The van der Waals surface area contributed by atoms with E-state index >= 15 is 0 Å². The van der Waals surface area contributed by atoms with Crippen LogP contribution in [0.3, 0.4) is 0 Å². The minimum Gasteiger partial charge on any atom is -0.382 e.